The summed E-state index contributed by atoms with van der Waals surface area (Å²) in [5.74, 6) is -0.350. The van der Waals surface area contributed by atoms with Crippen molar-refractivity contribution in [2.24, 2.45) is 0 Å². The first-order valence-corrected chi connectivity index (χ1v) is 5.05. The lowest BCUT2D eigenvalue weighted by Gasteiger charge is -2.06. The molecule has 0 atom stereocenters. The topological polar surface area (TPSA) is 56.6 Å². The van der Waals surface area contributed by atoms with E-state index in [1.165, 1.54) is 24.4 Å². The number of H-pyrrole nitrogens is 1. The molecule has 0 saturated carbocycles. The maximum atomic E-state index is 13.1. The van der Waals surface area contributed by atoms with Crippen LogP contribution in [0.4, 0.5) is 4.39 Å². The van der Waals surface area contributed by atoms with Gasteiger partial charge in [0.25, 0.3) is 0 Å². The van der Waals surface area contributed by atoms with Crippen LogP contribution in [0.1, 0.15) is 5.56 Å². The summed E-state index contributed by atoms with van der Waals surface area (Å²) < 4.78 is 13.1. The highest BCUT2D eigenvalue weighted by Gasteiger charge is 2.06. The van der Waals surface area contributed by atoms with Crippen molar-refractivity contribution >= 4 is 0 Å². The summed E-state index contributed by atoms with van der Waals surface area (Å²) >= 11 is 0. The average molecular weight is 228 g/mol. The predicted octanol–water partition coefficient (Wildman–Crippen LogP) is 2.25. The van der Waals surface area contributed by atoms with E-state index in [4.69, 9.17) is 5.26 Å². The summed E-state index contributed by atoms with van der Waals surface area (Å²) in [5, 5.41) is 8.70. The molecule has 1 aromatic heterocycles. The van der Waals surface area contributed by atoms with E-state index in [0.29, 0.717) is 16.7 Å². The molecule has 0 saturated heterocycles. The number of rotatable bonds is 2. The van der Waals surface area contributed by atoms with Crippen LogP contribution < -0.4 is 5.56 Å². The lowest BCUT2D eigenvalue weighted by Crippen LogP contribution is -2.06. The Morgan fingerprint density at radius 2 is 2.18 bits per heavy atom. The Morgan fingerprint density at radius 1 is 1.35 bits per heavy atom. The molecule has 2 aromatic rings. The average Bonchev–Trinajstić information content (AvgIpc) is 2.29. The highest BCUT2D eigenvalue weighted by molar-refractivity contribution is 5.66. The third kappa shape index (κ3) is 2.40. The minimum Gasteiger partial charge on any atom is -0.328 e. The molecule has 4 heteroatoms. The van der Waals surface area contributed by atoms with Crippen molar-refractivity contribution < 1.29 is 4.39 Å². The molecule has 0 unspecified atom stereocenters. The number of hydrogen-bond acceptors (Lipinski definition) is 2. The Bertz CT molecular complexity index is 640. The van der Waals surface area contributed by atoms with Crippen molar-refractivity contribution in [2.45, 2.75) is 6.42 Å². The number of nitrogens with one attached hydrogen (secondary N) is 1. The van der Waals surface area contributed by atoms with Gasteiger partial charge in [-0.15, -0.1) is 0 Å². The Kier molecular flexibility index (Phi) is 3.01. The zero-order chi connectivity index (χ0) is 12.3. The van der Waals surface area contributed by atoms with Crippen molar-refractivity contribution in [1.82, 2.24) is 4.98 Å². The molecule has 0 spiro atoms. The number of nitrogens with zero attached hydrogens (tertiary/aromatic N) is 1. The van der Waals surface area contributed by atoms with E-state index in [2.05, 4.69) is 4.98 Å². The maximum Gasteiger partial charge on any atom is 0.248 e. The van der Waals surface area contributed by atoms with E-state index in [0.717, 1.165) is 0 Å². The van der Waals surface area contributed by atoms with Gasteiger partial charge in [-0.3, -0.25) is 4.79 Å². The molecule has 0 aliphatic carbocycles. The summed E-state index contributed by atoms with van der Waals surface area (Å²) in [4.78, 5) is 13.7. The predicted molar refractivity (Wildman–Crippen MR) is 61.8 cm³/mol. The number of pyridine rings is 1. The van der Waals surface area contributed by atoms with Gasteiger partial charge in [-0.2, -0.15) is 5.26 Å². The van der Waals surface area contributed by atoms with Crippen molar-refractivity contribution in [2.75, 3.05) is 0 Å². The number of aromatic nitrogens is 1. The third-order valence-corrected chi connectivity index (χ3v) is 2.42. The number of aromatic amines is 1. The Hall–Kier alpha value is -2.41. The Balaban J connectivity index is 2.59. The lowest BCUT2D eigenvalue weighted by molar-refractivity contribution is 0.628. The zero-order valence-corrected chi connectivity index (χ0v) is 8.90. The van der Waals surface area contributed by atoms with Crippen LogP contribution in [0.3, 0.4) is 0 Å². The monoisotopic (exact) mass is 228 g/mol. The van der Waals surface area contributed by atoms with Crippen molar-refractivity contribution in [1.29, 1.82) is 5.26 Å². The molecule has 0 aliphatic heterocycles. The largest absolute Gasteiger partial charge is 0.328 e. The van der Waals surface area contributed by atoms with Crippen LogP contribution in [0.2, 0.25) is 0 Å². The van der Waals surface area contributed by atoms with E-state index in [1.807, 2.05) is 6.07 Å². The second kappa shape index (κ2) is 4.62. The van der Waals surface area contributed by atoms with Crippen molar-refractivity contribution in [3.05, 3.63) is 58.3 Å². The maximum absolute atomic E-state index is 13.1. The smallest absolute Gasteiger partial charge is 0.248 e. The lowest BCUT2D eigenvalue weighted by atomic mass is 10.0. The van der Waals surface area contributed by atoms with Gasteiger partial charge in [0.2, 0.25) is 5.56 Å². The van der Waals surface area contributed by atoms with Crippen LogP contribution in [-0.2, 0) is 6.42 Å². The number of halogens is 1. The van der Waals surface area contributed by atoms with Gasteiger partial charge in [0.1, 0.15) is 5.82 Å². The minimum absolute atomic E-state index is 0.121. The van der Waals surface area contributed by atoms with Gasteiger partial charge in [-0.05, 0) is 23.3 Å². The quantitative estimate of drug-likeness (QED) is 0.857. The molecule has 1 aromatic carbocycles. The highest BCUT2D eigenvalue weighted by atomic mass is 19.1. The molecule has 0 amide bonds. The van der Waals surface area contributed by atoms with Gasteiger partial charge in [0.15, 0.2) is 0 Å². The zero-order valence-electron chi connectivity index (χ0n) is 8.90. The molecule has 1 N–H and O–H groups in total. The second-order valence-electron chi connectivity index (χ2n) is 3.58. The highest BCUT2D eigenvalue weighted by Crippen LogP contribution is 2.22. The van der Waals surface area contributed by atoms with Crippen LogP contribution >= 0.6 is 0 Å². The van der Waals surface area contributed by atoms with Gasteiger partial charge in [-0.1, -0.05) is 12.1 Å². The fraction of sp³-hybridized carbons (Fsp3) is 0.0769. The van der Waals surface area contributed by atoms with Crippen molar-refractivity contribution in [3.8, 4) is 17.2 Å². The first kappa shape index (κ1) is 11.1. The number of nitriles is 1. The van der Waals surface area contributed by atoms with E-state index in [1.54, 1.807) is 12.1 Å². The van der Waals surface area contributed by atoms with E-state index in [9.17, 15) is 9.18 Å². The number of hydrogen-bond donors (Lipinski definition) is 1. The van der Waals surface area contributed by atoms with Crippen LogP contribution in [0.5, 0.6) is 0 Å². The molecule has 0 fully saturated rings. The van der Waals surface area contributed by atoms with E-state index < -0.39 is 0 Å². The van der Waals surface area contributed by atoms with E-state index >= 15 is 0 Å². The fourth-order valence-electron chi connectivity index (χ4n) is 1.67. The Labute approximate surface area is 97.2 Å². The summed E-state index contributed by atoms with van der Waals surface area (Å²) in [6, 6.07) is 9.39. The molecular weight excluding hydrogens is 219 g/mol. The van der Waals surface area contributed by atoms with Crippen LogP contribution in [0.25, 0.3) is 11.1 Å². The second-order valence-corrected chi connectivity index (χ2v) is 3.58. The van der Waals surface area contributed by atoms with Crippen LogP contribution in [-0.4, -0.2) is 4.98 Å². The summed E-state index contributed by atoms with van der Waals surface area (Å²) in [5.41, 5.74) is 1.65. The van der Waals surface area contributed by atoms with Gasteiger partial charge < -0.3 is 4.98 Å². The third-order valence-electron chi connectivity index (χ3n) is 2.42. The normalized spacial score (nSPS) is 9.88. The van der Waals surface area contributed by atoms with Gasteiger partial charge >= 0.3 is 0 Å². The minimum atomic E-state index is -0.350. The van der Waals surface area contributed by atoms with Crippen molar-refractivity contribution in [3.63, 3.8) is 0 Å². The van der Waals surface area contributed by atoms with Crippen LogP contribution in [0, 0.1) is 17.1 Å². The van der Waals surface area contributed by atoms with E-state index in [-0.39, 0.29) is 17.8 Å². The van der Waals surface area contributed by atoms with Gasteiger partial charge in [0.05, 0.1) is 12.5 Å². The molecular formula is C13H9FN2O. The fourth-order valence-corrected chi connectivity index (χ4v) is 1.67. The summed E-state index contributed by atoms with van der Waals surface area (Å²) in [6.45, 7) is 0. The number of benzene rings is 1. The molecule has 1 heterocycles. The SMILES string of the molecule is N#CCc1cc(=O)[nH]cc1-c1cccc(F)c1. The Morgan fingerprint density at radius 3 is 2.88 bits per heavy atom. The molecule has 3 nitrogen and oxygen atoms in total. The first-order valence-electron chi connectivity index (χ1n) is 5.05. The van der Waals surface area contributed by atoms with Gasteiger partial charge in [-0.25, -0.2) is 4.39 Å². The van der Waals surface area contributed by atoms with Gasteiger partial charge in [0, 0.05) is 17.8 Å². The molecule has 0 bridgehead atoms. The standard InChI is InChI=1S/C13H9FN2O/c14-11-3-1-2-9(6-11)12-8-16-13(17)7-10(12)4-5-15/h1-3,6-8H,4H2,(H,16,17). The molecule has 0 aliphatic rings. The molecule has 0 radical (unpaired) electrons. The van der Waals surface area contributed by atoms with Crippen LogP contribution in [0.15, 0.2) is 41.3 Å². The molecule has 2 rings (SSSR count). The molecule has 17 heavy (non-hydrogen) atoms. The molecule has 84 valence electrons. The summed E-state index contributed by atoms with van der Waals surface area (Å²) in [7, 11) is 0. The first-order chi connectivity index (χ1) is 8.20. The summed E-state index contributed by atoms with van der Waals surface area (Å²) in [6.07, 6.45) is 1.62.